The number of nitrogens with zero attached hydrogens (tertiary/aromatic N) is 4. The number of urea groups is 1. The highest BCUT2D eigenvalue weighted by atomic mass is 35.5. The third kappa shape index (κ3) is 7.97. The van der Waals surface area contributed by atoms with Crippen LogP contribution in [-0.2, 0) is 30.6 Å². The molecule has 3 aromatic rings. The van der Waals surface area contributed by atoms with Gasteiger partial charge >= 0.3 is 12.2 Å². The second kappa shape index (κ2) is 15.3. The molecule has 53 heavy (non-hydrogen) atoms. The van der Waals surface area contributed by atoms with E-state index >= 15 is 4.79 Å². The summed E-state index contributed by atoms with van der Waals surface area (Å²) in [5.41, 5.74) is -1.75. The van der Waals surface area contributed by atoms with E-state index in [0.717, 1.165) is 0 Å². The maximum atomic E-state index is 15.4. The lowest BCUT2D eigenvalue weighted by molar-refractivity contribution is -0.0652. The van der Waals surface area contributed by atoms with Gasteiger partial charge in [0.2, 0.25) is 10.0 Å². The van der Waals surface area contributed by atoms with Gasteiger partial charge in [0.25, 0.3) is 0 Å². The van der Waals surface area contributed by atoms with Crippen LogP contribution in [0.5, 0.6) is 5.75 Å². The fourth-order valence-electron chi connectivity index (χ4n) is 6.66. The number of likely N-dealkylation sites (N-methyl/N-ethyl adjacent to an activating group) is 1. The molecule has 3 aromatic carbocycles. The standard InChI is InChI=1S/C37H44Cl3N5O7S/c1-9-51-29-21-28(40)30(53(48,49)42-35(2,3)4)20-27(29)32-41-36(5,23-10-14-25(38)15-11-23)37(6,24-12-16-26(39)17-13-24)45(32)33(46)44-19-18-43(7)31(22-44)52-34(47)50-8/h10-17,20-21,31,42H,9,18-19,22H2,1-8H3/t31-,36-,37+/m0/s1. The van der Waals surface area contributed by atoms with Crippen LogP contribution < -0.4 is 9.46 Å². The van der Waals surface area contributed by atoms with Gasteiger partial charge in [0.05, 0.1) is 30.8 Å². The minimum atomic E-state index is -4.19. The van der Waals surface area contributed by atoms with E-state index in [9.17, 15) is 13.2 Å². The topological polar surface area (TPSA) is 130 Å². The number of carbonyl (C=O) groups is 2. The summed E-state index contributed by atoms with van der Waals surface area (Å²) in [4.78, 5) is 37.6. The Hall–Kier alpha value is -3.59. The summed E-state index contributed by atoms with van der Waals surface area (Å²) in [5, 5.41) is 0.919. The summed E-state index contributed by atoms with van der Waals surface area (Å²) < 4.78 is 46.8. The van der Waals surface area contributed by atoms with Crippen molar-refractivity contribution in [3.05, 3.63) is 92.4 Å². The highest BCUT2D eigenvalue weighted by Crippen LogP contribution is 2.54. The molecule has 2 aliphatic heterocycles. The molecule has 1 fully saturated rings. The highest BCUT2D eigenvalue weighted by Gasteiger charge is 2.60. The van der Waals surface area contributed by atoms with Crippen molar-refractivity contribution >= 4 is 62.8 Å². The number of halogens is 3. The Labute approximate surface area is 326 Å². The average Bonchev–Trinajstić information content (AvgIpc) is 3.32. The van der Waals surface area contributed by atoms with Crippen molar-refractivity contribution in [2.75, 3.05) is 40.4 Å². The molecule has 286 valence electrons. The number of amidine groups is 1. The first-order chi connectivity index (χ1) is 24.8. The first-order valence-corrected chi connectivity index (χ1v) is 19.5. The van der Waals surface area contributed by atoms with Gasteiger partial charge in [-0.15, -0.1) is 0 Å². The Bertz CT molecular complexity index is 2010. The van der Waals surface area contributed by atoms with Gasteiger partial charge in [-0.2, -0.15) is 0 Å². The Balaban J connectivity index is 1.82. The second-order valence-corrected chi connectivity index (χ2v) is 17.2. The van der Waals surface area contributed by atoms with Gasteiger partial charge in [0, 0.05) is 34.7 Å². The first-order valence-electron chi connectivity index (χ1n) is 16.9. The molecule has 0 aliphatic carbocycles. The van der Waals surface area contributed by atoms with Crippen molar-refractivity contribution in [3.8, 4) is 5.75 Å². The zero-order valence-electron chi connectivity index (χ0n) is 30.9. The molecule has 5 rings (SSSR count). The molecule has 1 saturated heterocycles. The molecule has 12 nitrogen and oxygen atoms in total. The van der Waals surface area contributed by atoms with E-state index in [2.05, 4.69) is 4.72 Å². The smallest absolute Gasteiger partial charge is 0.493 e. The monoisotopic (exact) mass is 807 g/mol. The summed E-state index contributed by atoms with van der Waals surface area (Å²) >= 11 is 19.4. The van der Waals surface area contributed by atoms with E-state index in [-0.39, 0.29) is 46.8 Å². The number of aliphatic imine (C=N–C) groups is 1. The van der Waals surface area contributed by atoms with Gasteiger partial charge in [0.1, 0.15) is 27.6 Å². The summed E-state index contributed by atoms with van der Waals surface area (Å²) in [6.07, 6.45) is -1.71. The van der Waals surface area contributed by atoms with E-state index in [4.69, 9.17) is 54.0 Å². The maximum Gasteiger partial charge on any atom is 0.509 e. The molecule has 2 aliphatic rings. The van der Waals surface area contributed by atoms with Crippen molar-refractivity contribution in [2.45, 2.75) is 69.3 Å². The lowest BCUT2D eigenvalue weighted by Crippen LogP contribution is -2.62. The van der Waals surface area contributed by atoms with Crippen LogP contribution >= 0.6 is 34.8 Å². The Morgan fingerprint density at radius 1 is 0.962 bits per heavy atom. The largest absolute Gasteiger partial charge is 0.509 e. The van der Waals surface area contributed by atoms with Crippen LogP contribution in [-0.4, -0.2) is 93.3 Å². The number of nitrogens with one attached hydrogen (secondary N) is 1. The zero-order valence-corrected chi connectivity index (χ0v) is 34.0. The molecular weight excluding hydrogens is 765 g/mol. The Morgan fingerprint density at radius 3 is 2.09 bits per heavy atom. The first kappa shape index (κ1) is 40.6. The van der Waals surface area contributed by atoms with E-state index < -0.39 is 45.1 Å². The van der Waals surface area contributed by atoms with Gasteiger partial charge in [-0.3, -0.25) is 14.8 Å². The molecule has 0 saturated carbocycles. The average molecular weight is 809 g/mol. The second-order valence-electron chi connectivity index (χ2n) is 14.2. The number of sulfonamides is 1. The van der Waals surface area contributed by atoms with E-state index in [1.54, 1.807) is 68.8 Å². The number of carbonyl (C=O) groups excluding carboxylic acids is 2. The summed E-state index contributed by atoms with van der Waals surface area (Å²) in [6, 6.07) is 16.6. The van der Waals surface area contributed by atoms with E-state index in [0.29, 0.717) is 27.7 Å². The minimum absolute atomic E-state index is 0.00334. The number of methoxy groups -OCH3 is 1. The third-order valence-corrected chi connectivity index (χ3v) is 12.2. The van der Waals surface area contributed by atoms with Crippen LogP contribution in [0.3, 0.4) is 0 Å². The normalized spacial score (nSPS) is 22.4. The number of amides is 2. The molecule has 0 aromatic heterocycles. The van der Waals surface area contributed by atoms with Crippen LogP contribution in [0.4, 0.5) is 9.59 Å². The number of hydrogen-bond acceptors (Lipinski definition) is 9. The fourth-order valence-corrected chi connectivity index (χ4v) is 8.87. The number of hydrogen-bond donors (Lipinski definition) is 1. The molecule has 1 N–H and O–H groups in total. The third-order valence-electron chi connectivity index (χ3n) is 9.51. The lowest BCUT2D eigenvalue weighted by Gasteiger charge is -2.48. The molecule has 0 bridgehead atoms. The van der Waals surface area contributed by atoms with Gasteiger partial charge in [-0.05, 0) is 90.0 Å². The molecular formula is C37H44Cl3N5O7S. The molecule has 0 radical (unpaired) electrons. The van der Waals surface area contributed by atoms with Gasteiger partial charge < -0.3 is 19.1 Å². The number of piperazine rings is 1. The van der Waals surface area contributed by atoms with Gasteiger partial charge in [-0.25, -0.2) is 22.7 Å². The van der Waals surface area contributed by atoms with Gasteiger partial charge in [0.15, 0.2) is 6.23 Å². The summed E-state index contributed by atoms with van der Waals surface area (Å²) in [5.74, 6) is 0.342. The van der Waals surface area contributed by atoms with E-state index in [1.165, 1.54) is 19.2 Å². The Kier molecular flexibility index (Phi) is 11.7. The quantitative estimate of drug-likeness (QED) is 0.232. The molecule has 0 unspecified atom stereocenters. The van der Waals surface area contributed by atoms with E-state index in [1.807, 2.05) is 43.0 Å². The lowest BCUT2D eigenvalue weighted by atomic mass is 9.71. The fraction of sp³-hybridized carbons (Fsp3) is 0.432. The molecule has 16 heteroatoms. The van der Waals surface area contributed by atoms with Crippen molar-refractivity contribution in [1.29, 1.82) is 0 Å². The number of benzene rings is 3. The highest BCUT2D eigenvalue weighted by molar-refractivity contribution is 7.89. The molecule has 0 spiro atoms. The summed E-state index contributed by atoms with van der Waals surface area (Å²) in [6.45, 7) is 11.6. The van der Waals surface area contributed by atoms with Gasteiger partial charge in [-0.1, -0.05) is 59.1 Å². The number of ether oxygens (including phenoxy) is 3. The van der Waals surface area contributed by atoms with Crippen molar-refractivity contribution in [2.24, 2.45) is 4.99 Å². The van der Waals surface area contributed by atoms with Crippen LogP contribution in [0, 0.1) is 0 Å². The zero-order chi connectivity index (χ0) is 39.1. The van der Waals surface area contributed by atoms with Crippen LogP contribution in [0.1, 0.15) is 58.2 Å². The molecule has 3 atom stereocenters. The SMILES string of the molecule is CCOc1cc(Cl)c(S(=O)(=O)NC(C)(C)C)cc1C1=N[C@@](C)(c2ccc(Cl)cc2)[C@@](C)(c2ccc(Cl)cc2)N1C(=O)N1CCN(C)[C@@H](OC(=O)OC)C1. The van der Waals surface area contributed by atoms with Crippen molar-refractivity contribution in [3.63, 3.8) is 0 Å². The van der Waals surface area contributed by atoms with Crippen LogP contribution in [0.15, 0.2) is 70.6 Å². The predicted molar refractivity (Wildman–Crippen MR) is 206 cm³/mol. The summed E-state index contributed by atoms with van der Waals surface area (Å²) in [7, 11) is -1.20. The number of rotatable bonds is 8. The molecule has 2 heterocycles. The minimum Gasteiger partial charge on any atom is -0.493 e. The maximum absolute atomic E-state index is 15.4. The van der Waals surface area contributed by atoms with Crippen LogP contribution in [0.2, 0.25) is 15.1 Å². The Morgan fingerprint density at radius 2 is 1.55 bits per heavy atom. The van der Waals surface area contributed by atoms with Crippen molar-refractivity contribution < 1.29 is 32.2 Å². The van der Waals surface area contributed by atoms with Crippen molar-refractivity contribution in [1.82, 2.24) is 19.4 Å². The van der Waals surface area contributed by atoms with Crippen LogP contribution in [0.25, 0.3) is 0 Å². The molecule has 2 amide bonds. The predicted octanol–water partition coefficient (Wildman–Crippen LogP) is 7.49.